The van der Waals surface area contributed by atoms with Crippen molar-refractivity contribution in [2.24, 2.45) is 22.7 Å². The maximum atomic E-state index is 5.40. The van der Waals surface area contributed by atoms with Crippen molar-refractivity contribution >= 4 is 0 Å². The highest BCUT2D eigenvalue weighted by Gasteiger charge is 2.58. The Hall–Kier alpha value is -1.70. The average molecular weight is 457 g/mol. The van der Waals surface area contributed by atoms with Gasteiger partial charge in [-0.05, 0) is 83.4 Å². The summed E-state index contributed by atoms with van der Waals surface area (Å²) >= 11 is 0. The summed E-state index contributed by atoms with van der Waals surface area (Å²) in [5.41, 5.74) is 8.98. The van der Waals surface area contributed by atoms with Gasteiger partial charge in [0.1, 0.15) is 0 Å². The number of nitrogens with zero attached hydrogens (tertiary/aromatic N) is 2. The molecule has 2 nitrogen and oxygen atoms in total. The Kier molecular flexibility index (Phi) is 5.29. The summed E-state index contributed by atoms with van der Waals surface area (Å²) in [6.45, 7) is 14.6. The molecule has 2 heterocycles. The van der Waals surface area contributed by atoms with Crippen LogP contribution in [0.5, 0.6) is 0 Å². The van der Waals surface area contributed by atoms with Crippen molar-refractivity contribution in [3.8, 4) is 11.4 Å². The predicted octanol–water partition coefficient (Wildman–Crippen LogP) is 8.98. The van der Waals surface area contributed by atoms with Crippen LogP contribution < -0.4 is 0 Å². The Labute approximate surface area is 207 Å². The van der Waals surface area contributed by atoms with Crippen LogP contribution in [0.4, 0.5) is 0 Å². The van der Waals surface area contributed by atoms with Crippen molar-refractivity contribution in [1.82, 2.24) is 9.97 Å². The second-order valence-electron chi connectivity index (χ2n) is 13.3. The first-order chi connectivity index (χ1) is 16.3. The Morgan fingerprint density at radius 3 is 1.44 bits per heavy atom. The van der Waals surface area contributed by atoms with Crippen molar-refractivity contribution in [2.75, 3.05) is 0 Å². The van der Waals surface area contributed by atoms with Crippen LogP contribution in [0.2, 0.25) is 0 Å². The summed E-state index contributed by atoms with van der Waals surface area (Å²) in [5, 5.41) is 0. The molecule has 0 amide bonds. The Bertz CT molecular complexity index is 1010. The van der Waals surface area contributed by atoms with Crippen LogP contribution in [-0.4, -0.2) is 9.97 Å². The standard InChI is InChI=1S/C32H44N2/c1-7-9-11-19-23-17-25(31(23,3)4)21-13-15-27(33-29(19)21)28-16-14-22-26-18-24(32(26,5)6)20(12-10-8-2)30(22)34-28/h13-16,19-20,23-26H,7-12,17-18H2,1-6H3/t19-,20-,23+,24+,25-,26-/m1/s1. The van der Waals surface area contributed by atoms with E-state index in [9.17, 15) is 0 Å². The lowest BCUT2D eigenvalue weighted by molar-refractivity contribution is -0.0105. The Morgan fingerprint density at radius 1 is 0.676 bits per heavy atom. The van der Waals surface area contributed by atoms with Crippen molar-refractivity contribution in [1.29, 1.82) is 0 Å². The summed E-state index contributed by atoms with van der Waals surface area (Å²) in [6.07, 6.45) is 10.5. The molecule has 182 valence electrons. The van der Waals surface area contributed by atoms with Crippen molar-refractivity contribution in [3.63, 3.8) is 0 Å². The van der Waals surface area contributed by atoms with E-state index in [0.29, 0.717) is 34.5 Å². The van der Waals surface area contributed by atoms with E-state index >= 15 is 0 Å². The SMILES string of the molecule is CCCC[C@H]1c2nc(-c3ccc4c(n3)[C@H](CCCC)[C@@H]3C[C@H]4C3(C)C)ccc2[C@H]2C[C@@H]1C2(C)C. The molecule has 34 heavy (non-hydrogen) atoms. The molecular formula is C32H44N2. The van der Waals surface area contributed by atoms with Crippen LogP contribution in [0, 0.1) is 22.7 Å². The van der Waals surface area contributed by atoms with Gasteiger partial charge in [0.2, 0.25) is 0 Å². The molecule has 8 rings (SSSR count). The lowest BCUT2D eigenvalue weighted by Gasteiger charge is -2.60. The van der Waals surface area contributed by atoms with Crippen molar-refractivity contribution in [3.05, 3.63) is 46.8 Å². The third-order valence-corrected chi connectivity index (χ3v) is 11.0. The van der Waals surface area contributed by atoms with Crippen LogP contribution in [0.25, 0.3) is 11.4 Å². The zero-order valence-corrected chi connectivity index (χ0v) is 22.3. The Morgan fingerprint density at radius 2 is 1.09 bits per heavy atom. The molecule has 0 radical (unpaired) electrons. The van der Waals surface area contributed by atoms with E-state index < -0.39 is 0 Å². The van der Waals surface area contributed by atoms with Gasteiger partial charge in [0.05, 0.1) is 11.4 Å². The minimum absolute atomic E-state index is 0.430. The molecule has 0 saturated heterocycles. The van der Waals surface area contributed by atoms with Gasteiger partial charge in [-0.3, -0.25) is 9.97 Å². The van der Waals surface area contributed by atoms with Gasteiger partial charge in [-0.25, -0.2) is 0 Å². The molecule has 2 fully saturated rings. The minimum atomic E-state index is 0.430. The van der Waals surface area contributed by atoms with Crippen molar-refractivity contribution < 1.29 is 0 Å². The van der Waals surface area contributed by atoms with Crippen LogP contribution in [0.1, 0.15) is 139 Å². The van der Waals surface area contributed by atoms with Crippen LogP contribution in [0.3, 0.4) is 0 Å². The number of rotatable bonds is 7. The molecule has 2 heteroatoms. The van der Waals surface area contributed by atoms with E-state index in [1.54, 1.807) is 11.1 Å². The smallest absolute Gasteiger partial charge is 0.0889 e. The number of aromatic nitrogens is 2. The fourth-order valence-electron chi connectivity index (χ4n) is 8.68. The molecule has 6 atom stereocenters. The number of unbranched alkanes of at least 4 members (excludes halogenated alkanes) is 2. The average Bonchev–Trinajstić information content (AvgIpc) is 2.84. The highest BCUT2D eigenvalue weighted by Crippen LogP contribution is 2.68. The fraction of sp³-hybridized carbons (Fsp3) is 0.688. The van der Waals surface area contributed by atoms with Gasteiger partial charge < -0.3 is 0 Å². The third kappa shape index (κ3) is 3.05. The molecule has 0 spiro atoms. The van der Waals surface area contributed by atoms with Gasteiger partial charge in [0, 0.05) is 23.2 Å². The number of hydrogen-bond donors (Lipinski definition) is 0. The molecular weight excluding hydrogens is 412 g/mol. The van der Waals surface area contributed by atoms with Gasteiger partial charge >= 0.3 is 0 Å². The zero-order chi connectivity index (χ0) is 23.8. The van der Waals surface area contributed by atoms with E-state index in [4.69, 9.17) is 9.97 Å². The van der Waals surface area contributed by atoms with Crippen LogP contribution >= 0.6 is 0 Å². The van der Waals surface area contributed by atoms with Gasteiger partial charge in [-0.1, -0.05) is 79.4 Å². The van der Waals surface area contributed by atoms with E-state index in [1.807, 2.05) is 0 Å². The fourth-order valence-corrected chi connectivity index (χ4v) is 8.68. The number of pyridine rings is 2. The molecule has 0 aliphatic heterocycles. The molecule has 2 aromatic rings. The highest BCUT2D eigenvalue weighted by molar-refractivity contribution is 5.59. The quantitative estimate of drug-likeness (QED) is 0.415. The van der Waals surface area contributed by atoms with E-state index in [2.05, 4.69) is 65.8 Å². The normalized spacial score (nSPS) is 33.4. The molecule has 0 N–H and O–H groups in total. The third-order valence-electron chi connectivity index (χ3n) is 11.0. The lowest BCUT2D eigenvalue weighted by atomic mass is 9.44. The van der Waals surface area contributed by atoms with Crippen molar-refractivity contribution in [2.45, 2.75) is 117 Å². The molecule has 6 aliphatic rings. The van der Waals surface area contributed by atoms with Gasteiger partial charge in [0.25, 0.3) is 0 Å². The van der Waals surface area contributed by atoms with Gasteiger partial charge in [-0.2, -0.15) is 0 Å². The molecule has 2 saturated carbocycles. The molecule has 2 aromatic heterocycles. The summed E-state index contributed by atoms with van der Waals surface area (Å²) < 4.78 is 0. The molecule has 0 aromatic carbocycles. The summed E-state index contributed by atoms with van der Waals surface area (Å²) in [6, 6.07) is 9.42. The molecule has 4 bridgehead atoms. The number of hydrogen-bond acceptors (Lipinski definition) is 2. The van der Waals surface area contributed by atoms with Crippen LogP contribution in [0.15, 0.2) is 24.3 Å². The maximum Gasteiger partial charge on any atom is 0.0889 e. The zero-order valence-electron chi connectivity index (χ0n) is 22.3. The molecule has 0 unspecified atom stereocenters. The van der Waals surface area contributed by atoms with Crippen LogP contribution in [-0.2, 0) is 0 Å². The second-order valence-corrected chi connectivity index (χ2v) is 13.3. The maximum absolute atomic E-state index is 5.40. The van der Waals surface area contributed by atoms with Gasteiger partial charge in [-0.15, -0.1) is 0 Å². The first-order valence-electron chi connectivity index (χ1n) is 14.3. The van der Waals surface area contributed by atoms with E-state index in [-0.39, 0.29) is 0 Å². The monoisotopic (exact) mass is 456 g/mol. The first kappa shape index (κ1) is 22.7. The molecule has 6 aliphatic carbocycles. The van der Waals surface area contributed by atoms with E-state index in [0.717, 1.165) is 23.2 Å². The Balaban J connectivity index is 1.38. The largest absolute Gasteiger partial charge is 0.251 e. The summed E-state index contributed by atoms with van der Waals surface area (Å²) in [7, 11) is 0. The lowest BCUT2D eigenvalue weighted by Crippen LogP contribution is -2.50. The topological polar surface area (TPSA) is 25.8 Å². The second kappa shape index (κ2) is 7.90. The summed E-state index contributed by atoms with van der Waals surface area (Å²) in [5.74, 6) is 4.22. The van der Waals surface area contributed by atoms with Gasteiger partial charge in [0.15, 0.2) is 0 Å². The first-order valence-corrected chi connectivity index (χ1v) is 14.3. The summed E-state index contributed by atoms with van der Waals surface area (Å²) in [4.78, 5) is 10.8. The van der Waals surface area contributed by atoms with E-state index in [1.165, 1.54) is 62.8 Å². The minimum Gasteiger partial charge on any atom is -0.251 e. The predicted molar refractivity (Wildman–Crippen MR) is 141 cm³/mol. The highest BCUT2D eigenvalue weighted by atomic mass is 14.8.